The van der Waals surface area contributed by atoms with Gasteiger partial charge >= 0.3 is 0 Å². The lowest BCUT2D eigenvalue weighted by Gasteiger charge is -2.32. The van der Waals surface area contributed by atoms with Gasteiger partial charge in [0, 0.05) is 24.7 Å². The molecule has 1 N–H and O–H groups in total. The molecular formula is C14H21FN2. The summed E-state index contributed by atoms with van der Waals surface area (Å²) in [4.78, 5) is 2.40. The van der Waals surface area contributed by atoms with Crippen LogP contribution in [0.5, 0.6) is 0 Å². The summed E-state index contributed by atoms with van der Waals surface area (Å²) in [7, 11) is 2.18. The van der Waals surface area contributed by atoms with Gasteiger partial charge in [-0.1, -0.05) is 24.6 Å². The molecule has 1 atom stereocenters. The molecule has 1 unspecified atom stereocenters. The summed E-state index contributed by atoms with van der Waals surface area (Å²) in [5, 5.41) is 3.36. The van der Waals surface area contributed by atoms with Crippen LogP contribution in [-0.2, 0) is 6.54 Å². The van der Waals surface area contributed by atoms with Gasteiger partial charge in [0.15, 0.2) is 0 Å². The first kappa shape index (κ1) is 12.5. The van der Waals surface area contributed by atoms with Crippen LogP contribution < -0.4 is 5.32 Å². The van der Waals surface area contributed by atoms with Crippen LogP contribution in [0.15, 0.2) is 24.3 Å². The summed E-state index contributed by atoms with van der Waals surface area (Å²) < 4.78 is 13.4. The molecule has 17 heavy (non-hydrogen) atoms. The van der Waals surface area contributed by atoms with Crippen LogP contribution in [0.25, 0.3) is 0 Å². The van der Waals surface area contributed by atoms with Crippen LogP contribution in [0.1, 0.15) is 24.8 Å². The summed E-state index contributed by atoms with van der Waals surface area (Å²) in [5.74, 6) is -0.114. The fraction of sp³-hybridized carbons (Fsp3) is 0.571. The van der Waals surface area contributed by atoms with Gasteiger partial charge in [0.25, 0.3) is 0 Å². The minimum atomic E-state index is -0.114. The van der Waals surface area contributed by atoms with Crippen molar-refractivity contribution in [1.29, 1.82) is 0 Å². The number of benzene rings is 1. The van der Waals surface area contributed by atoms with Gasteiger partial charge in [0.05, 0.1) is 0 Å². The van der Waals surface area contributed by atoms with Crippen molar-refractivity contribution < 1.29 is 4.39 Å². The number of hydrogen-bond donors (Lipinski definition) is 1. The zero-order valence-electron chi connectivity index (χ0n) is 10.5. The van der Waals surface area contributed by atoms with Crippen LogP contribution in [0.3, 0.4) is 0 Å². The van der Waals surface area contributed by atoms with Crippen molar-refractivity contribution in [3.8, 4) is 0 Å². The monoisotopic (exact) mass is 236 g/mol. The van der Waals surface area contributed by atoms with Crippen molar-refractivity contribution in [2.75, 3.05) is 20.1 Å². The van der Waals surface area contributed by atoms with Crippen molar-refractivity contribution in [3.63, 3.8) is 0 Å². The Hall–Kier alpha value is -0.930. The average molecular weight is 236 g/mol. The molecule has 1 heterocycles. The zero-order valence-corrected chi connectivity index (χ0v) is 10.5. The highest BCUT2D eigenvalue weighted by atomic mass is 19.1. The third kappa shape index (κ3) is 3.51. The van der Waals surface area contributed by atoms with Gasteiger partial charge in [-0.05, 0) is 32.5 Å². The summed E-state index contributed by atoms with van der Waals surface area (Å²) in [5.41, 5.74) is 0.756. The molecule has 0 aromatic heterocycles. The van der Waals surface area contributed by atoms with E-state index in [0.717, 1.165) is 12.1 Å². The van der Waals surface area contributed by atoms with E-state index in [2.05, 4.69) is 17.3 Å². The highest BCUT2D eigenvalue weighted by Crippen LogP contribution is 2.14. The second kappa shape index (κ2) is 6.12. The van der Waals surface area contributed by atoms with Crippen LogP contribution >= 0.6 is 0 Å². The molecule has 0 bridgehead atoms. The number of likely N-dealkylation sites (N-methyl/N-ethyl adjacent to an activating group) is 1. The molecule has 1 saturated heterocycles. The Kier molecular flexibility index (Phi) is 4.51. The number of likely N-dealkylation sites (tertiary alicyclic amines) is 1. The molecule has 0 saturated carbocycles. The van der Waals surface area contributed by atoms with E-state index in [0.29, 0.717) is 12.6 Å². The molecule has 0 spiro atoms. The van der Waals surface area contributed by atoms with Crippen molar-refractivity contribution in [2.45, 2.75) is 31.8 Å². The van der Waals surface area contributed by atoms with Gasteiger partial charge in [-0.25, -0.2) is 4.39 Å². The van der Waals surface area contributed by atoms with E-state index >= 15 is 0 Å². The standard InChI is InChI=1S/C14H21FN2/c1-17-9-5-4-7-13(17)11-16-10-12-6-2-3-8-14(12)15/h2-3,6,8,13,16H,4-5,7,9-11H2,1H3. The highest BCUT2D eigenvalue weighted by Gasteiger charge is 2.17. The van der Waals surface area contributed by atoms with Gasteiger partial charge in [-0.15, -0.1) is 0 Å². The molecular weight excluding hydrogens is 215 g/mol. The molecule has 1 aliphatic heterocycles. The third-order valence-electron chi connectivity index (χ3n) is 3.57. The first-order valence-electron chi connectivity index (χ1n) is 6.42. The number of nitrogens with zero attached hydrogens (tertiary/aromatic N) is 1. The van der Waals surface area contributed by atoms with Gasteiger partial charge in [0.2, 0.25) is 0 Å². The van der Waals surface area contributed by atoms with Crippen molar-refractivity contribution in [3.05, 3.63) is 35.6 Å². The van der Waals surface area contributed by atoms with E-state index in [9.17, 15) is 4.39 Å². The Morgan fingerprint density at radius 2 is 2.18 bits per heavy atom. The molecule has 1 aliphatic rings. The molecule has 1 fully saturated rings. The summed E-state index contributed by atoms with van der Waals surface area (Å²) in [6.07, 6.45) is 3.87. The molecule has 0 amide bonds. The molecule has 2 nitrogen and oxygen atoms in total. The van der Waals surface area contributed by atoms with Crippen LogP contribution in [0.2, 0.25) is 0 Å². The topological polar surface area (TPSA) is 15.3 Å². The maximum absolute atomic E-state index is 13.4. The molecule has 3 heteroatoms. The molecule has 94 valence electrons. The predicted molar refractivity (Wildman–Crippen MR) is 68.4 cm³/mol. The summed E-state index contributed by atoms with van der Waals surface area (Å²) >= 11 is 0. The van der Waals surface area contributed by atoms with E-state index in [1.165, 1.54) is 31.9 Å². The van der Waals surface area contributed by atoms with E-state index in [-0.39, 0.29) is 5.82 Å². The largest absolute Gasteiger partial charge is 0.311 e. The number of piperidine rings is 1. The van der Waals surface area contributed by atoms with Crippen molar-refractivity contribution in [2.24, 2.45) is 0 Å². The van der Waals surface area contributed by atoms with Crippen molar-refractivity contribution in [1.82, 2.24) is 10.2 Å². The van der Waals surface area contributed by atoms with Gasteiger partial charge < -0.3 is 10.2 Å². The Labute approximate surface area is 103 Å². The normalized spacial score (nSPS) is 21.6. The minimum absolute atomic E-state index is 0.114. The second-order valence-electron chi connectivity index (χ2n) is 4.85. The second-order valence-corrected chi connectivity index (χ2v) is 4.85. The molecule has 0 radical (unpaired) electrons. The SMILES string of the molecule is CN1CCCCC1CNCc1ccccc1F. The maximum atomic E-state index is 13.4. The van der Waals surface area contributed by atoms with E-state index in [1.54, 1.807) is 6.07 Å². The fourth-order valence-corrected chi connectivity index (χ4v) is 2.42. The van der Waals surface area contributed by atoms with Crippen molar-refractivity contribution >= 4 is 0 Å². The lowest BCUT2D eigenvalue weighted by atomic mass is 10.0. The lowest BCUT2D eigenvalue weighted by Crippen LogP contribution is -2.42. The molecule has 0 aliphatic carbocycles. The Morgan fingerprint density at radius 1 is 1.35 bits per heavy atom. The smallest absolute Gasteiger partial charge is 0.127 e. The Balaban J connectivity index is 1.77. The fourth-order valence-electron chi connectivity index (χ4n) is 2.42. The molecule has 1 aromatic carbocycles. The first-order chi connectivity index (χ1) is 8.27. The van der Waals surface area contributed by atoms with E-state index < -0.39 is 0 Å². The number of nitrogens with one attached hydrogen (secondary N) is 1. The summed E-state index contributed by atoms with van der Waals surface area (Å²) in [6, 6.07) is 7.58. The Morgan fingerprint density at radius 3 is 2.94 bits per heavy atom. The Bertz CT molecular complexity index is 354. The minimum Gasteiger partial charge on any atom is -0.311 e. The quantitative estimate of drug-likeness (QED) is 0.863. The van der Waals surface area contributed by atoms with E-state index in [4.69, 9.17) is 0 Å². The third-order valence-corrected chi connectivity index (χ3v) is 3.57. The predicted octanol–water partition coefficient (Wildman–Crippen LogP) is 2.40. The van der Waals surface area contributed by atoms with Crippen LogP contribution in [-0.4, -0.2) is 31.1 Å². The van der Waals surface area contributed by atoms with Crippen LogP contribution in [0, 0.1) is 5.82 Å². The number of hydrogen-bond acceptors (Lipinski definition) is 2. The molecule has 2 rings (SSSR count). The van der Waals surface area contributed by atoms with Gasteiger partial charge in [0.1, 0.15) is 5.82 Å². The zero-order chi connectivity index (χ0) is 12.1. The summed E-state index contributed by atoms with van der Waals surface area (Å²) in [6.45, 7) is 2.76. The lowest BCUT2D eigenvalue weighted by molar-refractivity contribution is 0.181. The van der Waals surface area contributed by atoms with Gasteiger partial charge in [-0.2, -0.15) is 0 Å². The number of rotatable bonds is 4. The van der Waals surface area contributed by atoms with Crippen LogP contribution in [0.4, 0.5) is 4.39 Å². The maximum Gasteiger partial charge on any atom is 0.127 e. The molecule has 1 aromatic rings. The number of halogens is 1. The highest BCUT2D eigenvalue weighted by molar-refractivity contribution is 5.16. The van der Waals surface area contributed by atoms with E-state index in [1.807, 2.05) is 12.1 Å². The average Bonchev–Trinajstić information content (AvgIpc) is 2.34. The van der Waals surface area contributed by atoms with Gasteiger partial charge in [-0.3, -0.25) is 0 Å². The first-order valence-corrected chi connectivity index (χ1v) is 6.42.